The number of ether oxygens (including phenoxy) is 5. The molecular formula is C30H48N2O6. The molecule has 0 unspecified atom stereocenters. The minimum atomic E-state index is -1.11. The molecule has 0 spiro atoms. The SMILES string of the molecule is CCCCCCCOC[C@@]12O[C@@H](CN3CCCCCC3)[C@@H](OC(=O)Nc3ccc(C)cc3)[C@@H]1OC(C)(C)O2. The van der Waals surface area contributed by atoms with Gasteiger partial charge in [0.25, 0.3) is 0 Å². The molecule has 0 aromatic heterocycles. The topological polar surface area (TPSA) is 78.5 Å². The van der Waals surface area contributed by atoms with Crippen LogP contribution >= 0.6 is 0 Å². The number of carbonyl (C=O) groups is 1. The van der Waals surface area contributed by atoms with E-state index in [-0.39, 0.29) is 12.7 Å². The van der Waals surface area contributed by atoms with Crippen LogP contribution in [0.1, 0.15) is 84.1 Å². The Labute approximate surface area is 228 Å². The van der Waals surface area contributed by atoms with Crippen LogP contribution in [0.2, 0.25) is 0 Å². The van der Waals surface area contributed by atoms with Crippen molar-refractivity contribution in [3.63, 3.8) is 0 Å². The summed E-state index contributed by atoms with van der Waals surface area (Å²) in [4.78, 5) is 15.5. The Kier molecular flexibility index (Phi) is 10.5. The van der Waals surface area contributed by atoms with E-state index in [4.69, 9.17) is 23.7 Å². The predicted molar refractivity (Wildman–Crippen MR) is 147 cm³/mol. The molecule has 3 saturated heterocycles. The Bertz CT molecular complexity index is 870. The van der Waals surface area contributed by atoms with Gasteiger partial charge in [-0.3, -0.25) is 5.32 Å². The fourth-order valence-corrected chi connectivity index (χ4v) is 5.75. The second-order valence-electron chi connectivity index (χ2n) is 11.6. The van der Waals surface area contributed by atoms with Gasteiger partial charge in [-0.05, 0) is 65.3 Å². The van der Waals surface area contributed by atoms with Crippen molar-refractivity contribution in [1.82, 2.24) is 4.90 Å². The first-order valence-electron chi connectivity index (χ1n) is 14.7. The van der Waals surface area contributed by atoms with E-state index in [2.05, 4.69) is 17.1 Å². The van der Waals surface area contributed by atoms with Crippen molar-refractivity contribution >= 4 is 11.8 Å². The number of aryl methyl sites for hydroxylation is 1. The van der Waals surface area contributed by atoms with E-state index >= 15 is 0 Å². The van der Waals surface area contributed by atoms with Gasteiger partial charge in [-0.15, -0.1) is 0 Å². The molecule has 1 aromatic carbocycles. The number of benzene rings is 1. The van der Waals surface area contributed by atoms with Gasteiger partial charge in [0.2, 0.25) is 5.79 Å². The third-order valence-corrected chi connectivity index (χ3v) is 7.65. The van der Waals surface area contributed by atoms with E-state index in [1.807, 2.05) is 45.0 Å². The number of carbonyl (C=O) groups excluding carboxylic acids is 1. The molecule has 3 fully saturated rings. The Hall–Kier alpha value is -1.71. The van der Waals surface area contributed by atoms with E-state index in [1.54, 1.807) is 0 Å². The highest BCUT2D eigenvalue weighted by atomic mass is 16.9. The van der Waals surface area contributed by atoms with E-state index in [9.17, 15) is 4.79 Å². The lowest BCUT2D eigenvalue weighted by molar-refractivity contribution is -0.279. The third-order valence-electron chi connectivity index (χ3n) is 7.65. The summed E-state index contributed by atoms with van der Waals surface area (Å²) in [7, 11) is 0. The average Bonchev–Trinajstić information content (AvgIpc) is 3.12. The van der Waals surface area contributed by atoms with Gasteiger partial charge in [0.05, 0.1) is 0 Å². The molecule has 1 aromatic rings. The van der Waals surface area contributed by atoms with Crippen molar-refractivity contribution < 1.29 is 28.5 Å². The van der Waals surface area contributed by atoms with Crippen LogP contribution in [0.25, 0.3) is 0 Å². The average molecular weight is 533 g/mol. The fourth-order valence-electron chi connectivity index (χ4n) is 5.75. The number of fused-ring (bicyclic) bond motifs is 1. The molecule has 0 bridgehead atoms. The maximum atomic E-state index is 13.1. The smallest absolute Gasteiger partial charge is 0.412 e. The molecule has 4 rings (SSSR count). The molecule has 3 aliphatic rings. The third kappa shape index (κ3) is 7.92. The maximum Gasteiger partial charge on any atom is 0.412 e. The molecule has 8 heteroatoms. The van der Waals surface area contributed by atoms with Crippen molar-refractivity contribution in [2.45, 2.75) is 115 Å². The lowest BCUT2D eigenvalue weighted by Gasteiger charge is -2.31. The van der Waals surface area contributed by atoms with Gasteiger partial charge in [-0.2, -0.15) is 0 Å². The van der Waals surface area contributed by atoms with Gasteiger partial charge in [0.1, 0.15) is 12.7 Å². The molecule has 1 amide bonds. The summed E-state index contributed by atoms with van der Waals surface area (Å²) in [6, 6.07) is 7.65. The highest BCUT2D eigenvalue weighted by Gasteiger charge is 2.66. The van der Waals surface area contributed by atoms with E-state index in [0.717, 1.165) is 31.5 Å². The molecule has 0 radical (unpaired) electrons. The maximum absolute atomic E-state index is 13.1. The zero-order valence-electron chi connectivity index (χ0n) is 23.8. The Morgan fingerprint density at radius 1 is 1.03 bits per heavy atom. The molecule has 8 nitrogen and oxygen atoms in total. The lowest BCUT2D eigenvalue weighted by atomic mass is 10.0. The van der Waals surface area contributed by atoms with Crippen LogP contribution in [-0.4, -0.2) is 73.7 Å². The van der Waals surface area contributed by atoms with Crippen LogP contribution in [0, 0.1) is 6.92 Å². The van der Waals surface area contributed by atoms with E-state index in [1.165, 1.54) is 44.9 Å². The summed E-state index contributed by atoms with van der Waals surface area (Å²) in [5, 5.41) is 2.86. The van der Waals surface area contributed by atoms with Crippen molar-refractivity contribution in [2.24, 2.45) is 0 Å². The largest absolute Gasteiger partial charge is 0.440 e. The Morgan fingerprint density at radius 2 is 1.74 bits per heavy atom. The highest BCUT2D eigenvalue weighted by molar-refractivity contribution is 5.84. The first-order valence-corrected chi connectivity index (χ1v) is 14.7. The number of nitrogens with zero attached hydrogens (tertiary/aromatic N) is 1. The monoisotopic (exact) mass is 532 g/mol. The second-order valence-corrected chi connectivity index (χ2v) is 11.6. The Balaban J connectivity index is 1.46. The second kappa shape index (κ2) is 13.6. The number of likely N-dealkylation sites (tertiary alicyclic amines) is 1. The van der Waals surface area contributed by atoms with Crippen molar-refractivity contribution in [3.8, 4) is 0 Å². The fraction of sp³-hybridized carbons (Fsp3) is 0.767. The van der Waals surface area contributed by atoms with Crippen LogP contribution < -0.4 is 5.32 Å². The van der Waals surface area contributed by atoms with Gasteiger partial charge in [-0.1, -0.05) is 63.1 Å². The summed E-state index contributed by atoms with van der Waals surface area (Å²) in [6.07, 6.45) is 8.56. The number of rotatable bonds is 12. The predicted octanol–water partition coefficient (Wildman–Crippen LogP) is 6.02. The zero-order chi connectivity index (χ0) is 27.0. The normalized spacial score (nSPS) is 29.1. The summed E-state index contributed by atoms with van der Waals surface area (Å²) in [5.41, 5.74) is 1.81. The molecule has 0 saturated carbocycles. The molecule has 214 valence electrons. The van der Waals surface area contributed by atoms with Crippen LogP contribution in [0.3, 0.4) is 0 Å². The molecule has 1 N–H and O–H groups in total. The van der Waals surface area contributed by atoms with Crippen LogP contribution in [0.15, 0.2) is 24.3 Å². The number of anilines is 1. The summed E-state index contributed by atoms with van der Waals surface area (Å²) < 4.78 is 31.6. The number of hydrogen-bond donors (Lipinski definition) is 1. The molecular weight excluding hydrogens is 484 g/mol. The number of amides is 1. The van der Waals surface area contributed by atoms with Crippen LogP contribution in [-0.2, 0) is 23.7 Å². The number of nitrogens with one attached hydrogen (secondary N) is 1. The van der Waals surface area contributed by atoms with Crippen LogP contribution in [0.5, 0.6) is 0 Å². The van der Waals surface area contributed by atoms with Crippen molar-refractivity contribution in [2.75, 3.05) is 38.2 Å². The standard InChI is InChI=1S/C30H48N2O6/c1-5-6-7-10-13-20-34-22-30-27(37-29(3,4)38-30)26(25(36-30)21-32-18-11-8-9-12-19-32)35-28(33)31-24-16-14-23(2)15-17-24/h14-17,25-27H,5-13,18-22H2,1-4H3,(H,31,33)/t25-,26+,27-,30-/m0/s1. The summed E-state index contributed by atoms with van der Waals surface area (Å²) in [5.74, 6) is -1.99. The molecule has 0 aliphatic carbocycles. The molecule has 38 heavy (non-hydrogen) atoms. The van der Waals surface area contributed by atoms with Gasteiger partial charge < -0.3 is 28.6 Å². The first-order chi connectivity index (χ1) is 18.3. The van der Waals surface area contributed by atoms with E-state index in [0.29, 0.717) is 18.8 Å². The first kappa shape index (κ1) is 29.3. The van der Waals surface area contributed by atoms with Crippen molar-refractivity contribution in [3.05, 3.63) is 29.8 Å². The minimum absolute atomic E-state index is 0.241. The van der Waals surface area contributed by atoms with Crippen molar-refractivity contribution in [1.29, 1.82) is 0 Å². The molecule has 3 heterocycles. The van der Waals surface area contributed by atoms with Gasteiger partial charge in [0.15, 0.2) is 18.0 Å². The quantitative estimate of drug-likeness (QED) is 0.330. The molecule has 3 aliphatic heterocycles. The number of unbranched alkanes of at least 4 members (excludes halogenated alkanes) is 4. The van der Waals surface area contributed by atoms with E-state index < -0.39 is 29.9 Å². The zero-order valence-corrected chi connectivity index (χ0v) is 23.8. The lowest BCUT2D eigenvalue weighted by Crippen LogP contribution is -2.46. The Morgan fingerprint density at radius 3 is 2.45 bits per heavy atom. The van der Waals surface area contributed by atoms with Gasteiger partial charge in [0, 0.05) is 18.8 Å². The molecule has 4 atom stereocenters. The van der Waals surface area contributed by atoms with Crippen LogP contribution in [0.4, 0.5) is 10.5 Å². The summed E-state index contributed by atoms with van der Waals surface area (Å²) in [6.45, 7) is 11.5. The highest BCUT2D eigenvalue weighted by Crippen LogP contribution is 2.47. The van der Waals surface area contributed by atoms with Gasteiger partial charge in [-0.25, -0.2) is 4.79 Å². The number of hydrogen-bond acceptors (Lipinski definition) is 7. The summed E-state index contributed by atoms with van der Waals surface area (Å²) >= 11 is 0. The minimum Gasteiger partial charge on any atom is -0.440 e. The van der Waals surface area contributed by atoms with Gasteiger partial charge >= 0.3 is 6.09 Å².